The molecule has 0 radical (unpaired) electrons. The third kappa shape index (κ3) is 4.20. The molecular formula is C20H19Cl2N3O3S2. The maximum absolute atomic E-state index is 13.0. The van der Waals surface area contributed by atoms with Gasteiger partial charge in [-0.25, -0.2) is 13.4 Å². The van der Waals surface area contributed by atoms with E-state index in [0.29, 0.717) is 44.8 Å². The van der Waals surface area contributed by atoms with E-state index in [1.807, 2.05) is 6.92 Å². The van der Waals surface area contributed by atoms with E-state index in [4.69, 9.17) is 23.2 Å². The lowest BCUT2D eigenvalue weighted by atomic mass is 9.99. The predicted octanol–water partition coefficient (Wildman–Crippen LogP) is 4.95. The number of carbonyl (C=O) groups is 1. The molecule has 1 fully saturated rings. The molecule has 2 aromatic carbocycles. The first kappa shape index (κ1) is 21.5. The average Bonchev–Trinajstić information content (AvgIpc) is 3.16. The Balaban J connectivity index is 1.50. The summed E-state index contributed by atoms with van der Waals surface area (Å²) >= 11 is 13.6. The van der Waals surface area contributed by atoms with Gasteiger partial charge in [0.05, 0.1) is 25.6 Å². The van der Waals surface area contributed by atoms with Gasteiger partial charge in [-0.3, -0.25) is 4.79 Å². The van der Waals surface area contributed by atoms with E-state index in [2.05, 4.69) is 10.3 Å². The summed E-state index contributed by atoms with van der Waals surface area (Å²) < 4.78 is 28.0. The summed E-state index contributed by atoms with van der Waals surface area (Å²) in [5.74, 6) is -0.720. The Morgan fingerprint density at radius 3 is 2.57 bits per heavy atom. The highest BCUT2D eigenvalue weighted by molar-refractivity contribution is 7.89. The quantitative estimate of drug-likeness (QED) is 0.568. The van der Waals surface area contributed by atoms with Crippen LogP contribution in [0.25, 0.3) is 10.2 Å². The van der Waals surface area contributed by atoms with Gasteiger partial charge in [-0.2, -0.15) is 4.31 Å². The maximum Gasteiger partial charge on any atom is 0.243 e. The molecule has 0 saturated carbocycles. The second-order valence-electron chi connectivity index (χ2n) is 7.23. The number of aromatic nitrogens is 1. The second kappa shape index (κ2) is 8.43. The van der Waals surface area contributed by atoms with Crippen molar-refractivity contribution in [2.24, 2.45) is 5.92 Å². The third-order valence-corrected chi connectivity index (χ3v) is 8.71. The highest BCUT2D eigenvalue weighted by atomic mass is 35.5. The highest BCUT2D eigenvalue weighted by Gasteiger charge is 2.33. The first-order valence-corrected chi connectivity index (χ1v) is 12.4. The van der Waals surface area contributed by atoms with Crippen molar-refractivity contribution in [3.8, 4) is 0 Å². The fraction of sp³-hybridized carbons (Fsp3) is 0.300. The zero-order chi connectivity index (χ0) is 21.5. The minimum absolute atomic E-state index is 0.133. The van der Waals surface area contributed by atoms with E-state index in [-0.39, 0.29) is 17.3 Å². The van der Waals surface area contributed by atoms with E-state index < -0.39 is 15.9 Å². The maximum atomic E-state index is 13.0. The SMILES string of the molecule is Cc1ccc(S(=O)(=O)N2CCCC(C(=O)Nc3nc4c(Cl)ccc(Cl)c4s3)C2)cc1. The average molecular weight is 484 g/mol. The van der Waals surface area contributed by atoms with Crippen molar-refractivity contribution in [3.05, 3.63) is 52.0 Å². The summed E-state index contributed by atoms with van der Waals surface area (Å²) in [5, 5.41) is 4.17. The van der Waals surface area contributed by atoms with Gasteiger partial charge in [0.15, 0.2) is 5.13 Å². The number of rotatable bonds is 4. The van der Waals surface area contributed by atoms with E-state index in [1.165, 1.54) is 15.6 Å². The molecule has 1 saturated heterocycles. The summed E-state index contributed by atoms with van der Waals surface area (Å²) in [5.41, 5.74) is 1.53. The van der Waals surface area contributed by atoms with Gasteiger partial charge < -0.3 is 5.32 Å². The number of hydrogen-bond donors (Lipinski definition) is 1. The van der Waals surface area contributed by atoms with Crippen LogP contribution in [-0.4, -0.2) is 36.7 Å². The molecule has 158 valence electrons. The number of benzene rings is 2. The molecule has 6 nitrogen and oxygen atoms in total. The van der Waals surface area contributed by atoms with Crippen molar-refractivity contribution >= 4 is 65.8 Å². The van der Waals surface area contributed by atoms with E-state index in [9.17, 15) is 13.2 Å². The number of sulfonamides is 1. The standard InChI is InChI=1S/C20H19Cl2N3O3S2/c1-12-4-6-14(7-5-12)30(27,28)25-10-2-3-13(11-25)19(26)24-20-23-17-15(21)8-9-16(22)18(17)29-20/h4-9,13H,2-3,10-11H2,1H3,(H,23,24,26). The smallest absolute Gasteiger partial charge is 0.243 e. The largest absolute Gasteiger partial charge is 0.302 e. The molecule has 0 spiro atoms. The van der Waals surface area contributed by atoms with Crippen molar-refractivity contribution in [1.82, 2.24) is 9.29 Å². The number of piperidine rings is 1. The van der Waals surface area contributed by atoms with Crippen LogP contribution in [0, 0.1) is 12.8 Å². The molecule has 1 aromatic heterocycles. The van der Waals surface area contributed by atoms with Crippen LogP contribution in [0.2, 0.25) is 10.0 Å². The zero-order valence-electron chi connectivity index (χ0n) is 16.1. The Hall–Kier alpha value is -1.71. The number of fused-ring (bicyclic) bond motifs is 1. The first-order chi connectivity index (χ1) is 14.3. The summed E-state index contributed by atoms with van der Waals surface area (Å²) in [6.07, 6.45) is 1.22. The van der Waals surface area contributed by atoms with Crippen LogP contribution in [0.1, 0.15) is 18.4 Å². The molecule has 1 amide bonds. The van der Waals surface area contributed by atoms with Gasteiger partial charge in [0, 0.05) is 13.1 Å². The first-order valence-electron chi connectivity index (χ1n) is 9.38. The zero-order valence-corrected chi connectivity index (χ0v) is 19.2. The monoisotopic (exact) mass is 483 g/mol. The topological polar surface area (TPSA) is 79.4 Å². The van der Waals surface area contributed by atoms with Gasteiger partial charge in [-0.15, -0.1) is 0 Å². The Bertz CT molecular complexity index is 1170. The number of nitrogens with zero attached hydrogens (tertiary/aromatic N) is 2. The number of thiazole rings is 1. The number of carbonyl (C=O) groups excluding carboxylic acids is 1. The lowest BCUT2D eigenvalue weighted by molar-refractivity contribution is -0.120. The van der Waals surface area contributed by atoms with Crippen molar-refractivity contribution in [2.75, 3.05) is 18.4 Å². The minimum atomic E-state index is -3.64. The molecule has 1 aliphatic heterocycles. The Kier molecular flexibility index (Phi) is 6.05. The predicted molar refractivity (Wildman–Crippen MR) is 121 cm³/mol. The van der Waals surface area contributed by atoms with E-state index in [0.717, 1.165) is 5.56 Å². The molecular weight excluding hydrogens is 465 g/mol. The third-order valence-electron chi connectivity index (χ3n) is 5.09. The van der Waals surface area contributed by atoms with E-state index >= 15 is 0 Å². The van der Waals surface area contributed by atoms with E-state index in [1.54, 1.807) is 36.4 Å². The molecule has 2 heterocycles. The van der Waals surface area contributed by atoms with Crippen LogP contribution in [0.5, 0.6) is 0 Å². The van der Waals surface area contributed by atoms with Gasteiger partial charge in [0.25, 0.3) is 0 Å². The second-order valence-corrected chi connectivity index (χ2v) is 11.0. The number of halogens is 2. The molecule has 4 rings (SSSR count). The normalized spacial score (nSPS) is 17.9. The van der Waals surface area contributed by atoms with Crippen LogP contribution < -0.4 is 5.32 Å². The van der Waals surface area contributed by atoms with Gasteiger partial charge >= 0.3 is 0 Å². The van der Waals surface area contributed by atoms with Gasteiger partial charge in [-0.1, -0.05) is 52.2 Å². The van der Waals surface area contributed by atoms with Gasteiger partial charge in [0.1, 0.15) is 5.52 Å². The minimum Gasteiger partial charge on any atom is -0.302 e. The number of amides is 1. The van der Waals surface area contributed by atoms with Crippen molar-refractivity contribution in [1.29, 1.82) is 0 Å². The molecule has 10 heteroatoms. The van der Waals surface area contributed by atoms with Crippen LogP contribution >= 0.6 is 34.5 Å². The Labute approximate surface area is 188 Å². The molecule has 3 aromatic rings. The Morgan fingerprint density at radius 2 is 1.87 bits per heavy atom. The summed E-state index contributed by atoms with van der Waals surface area (Å²) in [4.78, 5) is 17.4. The number of nitrogens with one attached hydrogen (secondary N) is 1. The lowest BCUT2D eigenvalue weighted by Crippen LogP contribution is -2.43. The van der Waals surface area contributed by atoms with Crippen LogP contribution in [0.4, 0.5) is 5.13 Å². The van der Waals surface area contributed by atoms with Crippen molar-refractivity contribution in [3.63, 3.8) is 0 Å². The van der Waals surface area contributed by atoms with Crippen LogP contribution in [0.15, 0.2) is 41.3 Å². The van der Waals surface area contributed by atoms with Crippen LogP contribution in [0.3, 0.4) is 0 Å². The molecule has 1 aliphatic rings. The molecule has 1 atom stereocenters. The molecule has 0 aliphatic carbocycles. The summed E-state index contributed by atoms with van der Waals surface area (Å²) in [7, 11) is -3.64. The highest BCUT2D eigenvalue weighted by Crippen LogP contribution is 2.36. The van der Waals surface area contributed by atoms with Crippen molar-refractivity contribution in [2.45, 2.75) is 24.7 Å². The number of anilines is 1. The van der Waals surface area contributed by atoms with Gasteiger partial charge in [0.2, 0.25) is 15.9 Å². The van der Waals surface area contributed by atoms with Crippen molar-refractivity contribution < 1.29 is 13.2 Å². The molecule has 0 bridgehead atoms. The summed E-state index contributed by atoms with van der Waals surface area (Å²) in [6, 6.07) is 10.1. The fourth-order valence-corrected chi connectivity index (χ4v) is 6.39. The number of aryl methyl sites for hydroxylation is 1. The summed E-state index contributed by atoms with van der Waals surface area (Å²) in [6.45, 7) is 2.43. The molecule has 30 heavy (non-hydrogen) atoms. The fourth-order valence-electron chi connectivity index (χ4n) is 3.44. The molecule has 1 unspecified atom stereocenters. The Morgan fingerprint density at radius 1 is 1.17 bits per heavy atom. The van der Waals surface area contributed by atoms with Gasteiger partial charge in [-0.05, 0) is 44.0 Å². The van der Waals surface area contributed by atoms with Crippen LogP contribution in [-0.2, 0) is 14.8 Å². The molecule has 1 N–H and O–H groups in total. The lowest BCUT2D eigenvalue weighted by Gasteiger charge is -2.31. The number of hydrogen-bond acceptors (Lipinski definition) is 5.